The molecule has 36 heavy (non-hydrogen) atoms. The maximum atomic E-state index is 13.1. The Morgan fingerprint density at radius 1 is 1.06 bits per heavy atom. The van der Waals surface area contributed by atoms with Crippen molar-refractivity contribution in [2.75, 3.05) is 18.4 Å². The van der Waals surface area contributed by atoms with Gasteiger partial charge in [-0.15, -0.1) is 0 Å². The zero-order valence-electron chi connectivity index (χ0n) is 19.0. The van der Waals surface area contributed by atoms with E-state index in [2.05, 4.69) is 20.6 Å². The third-order valence-electron chi connectivity index (χ3n) is 5.96. The van der Waals surface area contributed by atoms with Crippen molar-refractivity contribution in [3.05, 3.63) is 89.0 Å². The van der Waals surface area contributed by atoms with Crippen LogP contribution in [0.2, 0.25) is 5.02 Å². The number of nitrogens with zero attached hydrogens (tertiary/aromatic N) is 3. The second-order valence-electron chi connectivity index (χ2n) is 8.39. The molecule has 3 aromatic rings. The lowest BCUT2D eigenvalue weighted by Crippen LogP contribution is -2.45. The van der Waals surface area contributed by atoms with Gasteiger partial charge in [0.05, 0.1) is 23.5 Å². The number of likely N-dealkylation sites (tertiary alicyclic amines) is 1. The average Bonchev–Trinajstić information content (AvgIpc) is 2.88. The van der Waals surface area contributed by atoms with Crippen LogP contribution in [0.1, 0.15) is 35.7 Å². The number of halogens is 4. The second-order valence-corrected chi connectivity index (χ2v) is 8.83. The Kier molecular flexibility index (Phi) is 7.73. The number of aromatic nitrogens is 2. The Morgan fingerprint density at radius 2 is 1.78 bits per heavy atom. The molecule has 1 unspecified atom stereocenters. The fourth-order valence-electron chi connectivity index (χ4n) is 4.02. The molecule has 1 aliphatic rings. The Labute approximate surface area is 210 Å². The number of amides is 3. The molecular formula is C25H23ClF3N5O2. The number of rotatable bonds is 5. The molecule has 0 bridgehead atoms. The number of hydrogen-bond donors (Lipinski definition) is 2. The third-order valence-corrected chi connectivity index (χ3v) is 6.21. The number of carbonyl (C=O) groups is 2. The zero-order chi connectivity index (χ0) is 25.7. The van der Waals surface area contributed by atoms with Crippen LogP contribution in [-0.4, -0.2) is 39.9 Å². The average molecular weight is 518 g/mol. The molecule has 2 heterocycles. The summed E-state index contributed by atoms with van der Waals surface area (Å²) in [6, 6.07) is 10.5. The Hall–Kier alpha value is -3.66. The van der Waals surface area contributed by atoms with Gasteiger partial charge in [0.15, 0.2) is 0 Å². The van der Waals surface area contributed by atoms with Crippen LogP contribution in [0.15, 0.2) is 67.1 Å². The number of alkyl halides is 3. The minimum Gasteiger partial charge on any atom is -0.343 e. The van der Waals surface area contributed by atoms with Gasteiger partial charge in [0.2, 0.25) is 5.91 Å². The standard InChI is InChI=1S/C25H23ClF3N5O2/c26-19-6-4-16(5-7-19)22(21-15-30-10-11-31-21)33-23(35)17-8-12-34(13-9-17)24(36)32-20-3-1-2-18(14-20)25(27,28)29/h1-7,10-11,14-15,17,22H,8-9,12-13H2,(H,32,36)(H,33,35). The van der Waals surface area contributed by atoms with Crippen molar-refractivity contribution < 1.29 is 22.8 Å². The number of anilines is 1. The van der Waals surface area contributed by atoms with Crippen LogP contribution in [0, 0.1) is 5.92 Å². The first-order chi connectivity index (χ1) is 17.2. The highest BCUT2D eigenvalue weighted by molar-refractivity contribution is 6.30. The minimum atomic E-state index is -4.50. The van der Waals surface area contributed by atoms with E-state index in [0.29, 0.717) is 36.6 Å². The summed E-state index contributed by atoms with van der Waals surface area (Å²) in [5.74, 6) is -0.521. The first-order valence-corrected chi connectivity index (χ1v) is 11.6. The number of piperidine rings is 1. The number of urea groups is 1. The summed E-state index contributed by atoms with van der Waals surface area (Å²) in [5.41, 5.74) is 0.593. The predicted octanol–water partition coefficient (Wildman–Crippen LogP) is 5.30. The van der Waals surface area contributed by atoms with Crippen LogP contribution in [0.5, 0.6) is 0 Å². The van der Waals surface area contributed by atoms with Crippen LogP contribution in [0.3, 0.4) is 0 Å². The fraction of sp³-hybridized carbons (Fsp3) is 0.280. The highest BCUT2D eigenvalue weighted by Gasteiger charge is 2.32. The maximum absolute atomic E-state index is 13.1. The molecule has 1 aromatic heterocycles. The second kappa shape index (κ2) is 10.9. The molecule has 188 valence electrons. The molecular weight excluding hydrogens is 495 g/mol. The number of carbonyl (C=O) groups excluding carboxylic acids is 2. The van der Waals surface area contributed by atoms with Crippen LogP contribution >= 0.6 is 11.6 Å². The summed E-state index contributed by atoms with van der Waals surface area (Å²) in [5, 5.41) is 6.11. The molecule has 7 nitrogen and oxygen atoms in total. The van der Waals surface area contributed by atoms with Gasteiger partial charge in [-0.05, 0) is 48.7 Å². The number of benzene rings is 2. The molecule has 1 saturated heterocycles. The lowest BCUT2D eigenvalue weighted by Gasteiger charge is -2.32. The Morgan fingerprint density at radius 3 is 2.42 bits per heavy atom. The van der Waals surface area contributed by atoms with Gasteiger partial charge in [-0.3, -0.25) is 14.8 Å². The molecule has 1 atom stereocenters. The van der Waals surface area contributed by atoms with Crippen molar-refractivity contribution in [1.29, 1.82) is 0 Å². The molecule has 2 N–H and O–H groups in total. The quantitative estimate of drug-likeness (QED) is 0.481. The highest BCUT2D eigenvalue weighted by Crippen LogP contribution is 2.31. The summed E-state index contributed by atoms with van der Waals surface area (Å²) in [6.45, 7) is 0.583. The van der Waals surface area contributed by atoms with Crippen LogP contribution in [0.25, 0.3) is 0 Å². The first-order valence-electron chi connectivity index (χ1n) is 11.3. The van der Waals surface area contributed by atoms with E-state index in [0.717, 1.165) is 17.7 Å². The molecule has 11 heteroatoms. The summed E-state index contributed by atoms with van der Waals surface area (Å²) >= 11 is 6.01. The van der Waals surface area contributed by atoms with E-state index in [1.807, 2.05) is 12.1 Å². The lowest BCUT2D eigenvalue weighted by molar-refractivity contribution is -0.137. The molecule has 2 aromatic carbocycles. The van der Waals surface area contributed by atoms with Gasteiger partial charge in [0.25, 0.3) is 0 Å². The van der Waals surface area contributed by atoms with E-state index < -0.39 is 23.8 Å². The maximum Gasteiger partial charge on any atom is 0.416 e. The topological polar surface area (TPSA) is 87.2 Å². The SMILES string of the molecule is O=C(NC(c1ccc(Cl)cc1)c1cnccn1)C1CCN(C(=O)Nc2cccc(C(F)(F)F)c2)CC1. The van der Waals surface area contributed by atoms with Crippen molar-refractivity contribution in [3.8, 4) is 0 Å². The van der Waals surface area contributed by atoms with Gasteiger partial charge in [-0.25, -0.2) is 4.79 Å². The Balaban J connectivity index is 1.37. The largest absolute Gasteiger partial charge is 0.416 e. The molecule has 4 rings (SSSR count). The molecule has 1 aliphatic heterocycles. The number of hydrogen-bond acceptors (Lipinski definition) is 4. The molecule has 0 saturated carbocycles. The third kappa shape index (κ3) is 6.31. The minimum absolute atomic E-state index is 0.0597. The summed E-state index contributed by atoms with van der Waals surface area (Å²) < 4.78 is 38.8. The van der Waals surface area contributed by atoms with Crippen molar-refractivity contribution in [1.82, 2.24) is 20.2 Å². The molecule has 3 amide bonds. The predicted molar refractivity (Wildman–Crippen MR) is 128 cm³/mol. The van der Waals surface area contributed by atoms with Gasteiger partial charge in [-0.1, -0.05) is 29.8 Å². The van der Waals surface area contributed by atoms with Crippen LogP contribution in [0.4, 0.5) is 23.7 Å². The van der Waals surface area contributed by atoms with Gasteiger partial charge < -0.3 is 15.5 Å². The Bertz CT molecular complexity index is 1200. The first kappa shape index (κ1) is 25.4. The fourth-order valence-corrected chi connectivity index (χ4v) is 4.15. The molecule has 0 aliphatic carbocycles. The molecule has 0 radical (unpaired) electrons. The van der Waals surface area contributed by atoms with Crippen molar-refractivity contribution >= 4 is 29.2 Å². The normalized spacial score (nSPS) is 15.3. The highest BCUT2D eigenvalue weighted by atomic mass is 35.5. The number of nitrogens with one attached hydrogen (secondary N) is 2. The smallest absolute Gasteiger partial charge is 0.343 e. The van der Waals surface area contributed by atoms with Crippen LogP contribution in [-0.2, 0) is 11.0 Å². The monoisotopic (exact) mass is 517 g/mol. The van der Waals surface area contributed by atoms with Gasteiger partial charge in [0, 0.05) is 42.1 Å². The zero-order valence-corrected chi connectivity index (χ0v) is 19.8. The van der Waals surface area contributed by atoms with Gasteiger partial charge in [-0.2, -0.15) is 13.2 Å². The molecule has 1 fully saturated rings. The van der Waals surface area contributed by atoms with E-state index in [4.69, 9.17) is 11.6 Å². The van der Waals surface area contributed by atoms with E-state index in [1.54, 1.807) is 30.7 Å². The lowest BCUT2D eigenvalue weighted by atomic mass is 9.94. The summed E-state index contributed by atoms with van der Waals surface area (Å²) in [6.07, 6.45) is 1.00. The van der Waals surface area contributed by atoms with Crippen molar-refractivity contribution in [3.63, 3.8) is 0 Å². The van der Waals surface area contributed by atoms with E-state index in [9.17, 15) is 22.8 Å². The van der Waals surface area contributed by atoms with Gasteiger partial charge >= 0.3 is 12.2 Å². The molecule has 0 spiro atoms. The summed E-state index contributed by atoms with van der Waals surface area (Å²) in [7, 11) is 0. The van der Waals surface area contributed by atoms with Crippen molar-refractivity contribution in [2.24, 2.45) is 5.92 Å². The van der Waals surface area contributed by atoms with Crippen LogP contribution < -0.4 is 10.6 Å². The van der Waals surface area contributed by atoms with E-state index in [-0.39, 0.29) is 17.5 Å². The van der Waals surface area contributed by atoms with Crippen molar-refractivity contribution in [2.45, 2.75) is 25.1 Å². The summed E-state index contributed by atoms with van der Waals surface area (Å²) in [4.78, 5) is 35.6. The van der Waals surface area contributed by atoms with E-state index >= 15 is 0 Å². The van der Waals surface area contributed by atoms with E-state index in [1.165, 1.54) is 17.0 Å². The van der Waals surface area contributed by atoms with Gasteiger partial charge in [0.1, 0.15) is 0 Å².